The molecule has 1 N–H and O–H groups in total. The minimum absolute atomic E-state index is 0.165. The predicted octanol–water partition coefficient (Wildman–Crippen LogP) is 3.14. The Balaban J connectivity index is 2.08. The highest BCUT2D eigenvalue weighted by atomic mass is 32.2. The fraction of sp³-hybridized carbons (Fsp3) is 0.312. The summed E-state index contributed by atoms with van der Waals surface area (Å²) in [6.45, 7) is 6.45. The van der Waals surface area contributed by atoms with E-state index in [1.54, 1.807) is 6.07 Å². The predicted molar refractivity (Wildman–Crippen MR) is 85.5 cm³/mol. The van der Waals surface area contributed by atoms with Crippen molar-refractivity contribution in [3.05, 3.63) is 52.8 Å². The fourth-order valence-corrected chi connectivity index (χ4v) is 2.56. The Kier molecular flexibility index (Phi) is 5.33. The molecule has 0 saturated carbocycles. The lowest BCUT2D eigenvalue weighted by Crippen LogP contribution is -2.24. The van der Waals surface area contributed by atoms with Gasteiger partial charge in [-0.2, -0.15) is 0 Å². The van der Waals surface area contributed by atoms with E-state index >= 15 is 0 Å². The van der Waals surface area contributed by atoms with Crippen LogP contribution in [0.4, 0.5) is 0 Å². The molecule has 0 aliphatic heterocycles. The molecule has 2 rings (SSSR count). The second-order valence-electron chi connectivity index (χ2n) is 4.72. The number of amides is 1. The molecule has 110 valence electrons. The van der Waals surface area contributed by atoms with Gasteiger partial charge in [0.25, 0.3) is 5.91 Å². The molecule has 1 aromatic heterocycles. The Morgan fingerprint density at radius 2 is 2.00 bits per heavy atom. The van der Waals surface area contributed by atoms with Crippen molar-refractivity contribution in [2.75, 3.05) is 5.75 Å². The Morgan fingerprint density at radius 1 is 1.24 bits per heavy atom. The molecule has 0 aliphatic rings. The number of carbonyl (C=O) groups excluding carboxylic acids is 1. The van der Waals surface area contributed by atoms with E-state index in [2.05, 4.69) is 15.3 Å². The van der Waals surface area contributed by atoms with E-state index in [0.717, 1.165) is 17.0 Å². The van der Waals surface area contributed by atoms with Crippen LogP contribution in [0.25, 0.3) is 0 Å². The number of rotatable bonds is 5. The molecule has 0 aliphatic carbocycles. The third-order valence-electron chi connectivity index (χ3n) is 3.04. The standard InChI is InChI=1S/C16H19N3OS/c1-4-21-16-18-12(3)9-14(19-16)15(20)17-10-13-8-6-5-7-11(13)2/h5-9H,4,10H2,1-3H3,(H,17,20). The number of benzene rings is 1. The molecule has 0 atom stereocenters. The van der Waals surface area contributed by atoms with Gasteiger partial charge >= 0.3 is 0 Å². The first-order chi connectivity index (χ1) is 10.1. The highest BCUT2D eigenvalue weighted by Gasteiger charge is 2.10. The van der Waals surface area contributed by atoms with E-state index < -0.39 is 0 Å². The molecule has 0 saturated heterocycles. The molecule has 5 heteroatoms. The van der Waals surface area contributed by atoms with Crippen LogP contribution in [0.3, 0.4) is 0 Å². The van der Waals surface area contributed by atoms with E-state index in [9.17, 15) is 4.79 Å². The molecule has 1 amide bonds. The minimum atomic E-state index is -0.165. The van der Waals surface area contributed by atoms with Crippen LogP contribution in [-0.2, 0) is 6.54 Å². The molecule has 2 aromatic rings. The van der Waals surface area contributed by atoms with Crippen molar-refractivity contribution in [3.63, 3.8) is 0 Å². The molecule has 0 bridgehead atoms. The lowest BCUT2D eigenvalue weighted by Gasteiger charge is -2.08. The number of thioether (sulfide) groups is 1. The lowest BCUT2D eigenvalue weighted by atomic mass is 10.1. The molecular formula is C16H19N3OS. The number of carbonyl (C=O) groups is 1. The van der Waals surface area contributed by atoms with Gasteiger partial charge < -0.3 is 5.32 Å². The van der Waals surface area contributed by atoms with Crippen LogP contribution in [0.1, 0.15) is 34.2 Å². The average Bonchev–Trinajstić information content (AvgIpc) is 2.46. The normalized spacial score (nSPS) is 10.4. The highest BCUT2D eigenvalue weighted by Crippen LogP contribution is 2.13. The molecule has 4 nitrogen and oxygen atoms in total. The van der Waals surface area contributed by atoms with E-state index in [0.29, 0.717) is 17.4 Å². The van der Waals surface area contributed by atoms with Crippen molar-refractivity contribution in [3.8, 4) is 0 Å². The maximum absolute atomic E-state index is 12.2. The van der Waals surface area contributed by atoms with Gasteiger partial charge in [0.05, 0.1) is 0 Å². The van der Waals surface area contributed by atoms with Gasteiger partial charge in [-0.05, 0) is 36.8 Å². The number of nitrogens with zero attached hydrogens (tertiary/aromatic N) is 2. The number of aryl methyl sites for hydroxylation is 2. The smallest absolute Gasteiger partial charge is 0.270 e. The first-order valence-corrected chi connectivity index (χ1v) is 7.90. The van der Waals surface area contributed by atoms with Crippen LogP contribution in [0.2, 0.25) is 0 Å². The second-order valence-corrected chi connectivity index (χ2v) is 5.95. The zero-order chi connectivity index (χ0) is 15.2. The van der Waals surface area contributed by atoms with Crippen molar-refractivity contribution in [2.24, 2.45) is 0 Å². The number of hydrogen-bond acceptors (Lipinski definition) is 4. The molecule has 1 aromatic carbocycles. The molecule has 0 radical (unpaired) electrons. The molecule has 0 spiro atoms. The number of nitrogens with one attached hydrogen (secondary N) is 1. The molecule has 0 fully saturated rings. The van der Waals surface area contributed by atoms with Crippen LogP contribution < -0.4 is 5.32 Å². The minimum Gasteiger partial charge on any atom is -0.347 e. The highest BCUT2D eigenvalue weighted by molar-refractivity contribution is 7.99. The maximum Gasteiger partial charge on any atom is 0.270 e. The van der Waals surface area contributed by atoms with Crippen molar-refractivity contribution in [1.82, 2.24) is 15.3 Å². The number of hydrogen-bond donors (Lipinski definition) is 1. The molecule has 1 heterocycles. The summed E-state index contributed by atoms with van der Waals surface area (Å²) in [4.78, 5) is 20.8. The third-order valence-corrected chi connectivity index (χ3v) is 3.77. The average molecular weight is 301 g/mol. The van der Waals surface area contributed by atoms with E-state index in [1.807, 2.05) is 45.0 Å². The first-order valence-electron chi connectivity index (χ1n) is 6.91. The van der Waals surface area contributed by atoms with Gasteiger partial charge in [-0.25, -0.2) is 9.97 Å². The molecule has 21 heavy (non-hydrogen) atoms. The fourth-order valence-electron chi connectivity index (χ4n) is 1.93. The summed E-state index contributed by atoms with van der Waals surface area (Å²) >= 11 is 1.54. The van der Waals surface area contributed by atoms with Crippen molar-refractivity contribution in [1.29, 1.82) is 0 Å². The Labute approximate surface area is 129 Å². The summed E-state index contributed by atoms with van der Waals surface area (Å²) in [5.41, 5.74) is 3.51. The molecule has 0 unspecified atom stereocenters. The Hall–Kier alpha value is -1.88. The lowest BCUT2D eigenvalue weighted by molar-refractivity contribution is 0.0944. The van der Waals surface area contributed by atoms with Gasteiger partial charge in [0.1, 0.15) is 5.69 Å². The summed E-state index contributed by atoms with van der Waals surface area (Å²) in [5, 5.41) is 3.57. The van der Waals surface area contributed by atoms with Crippen LogP contribution in [0.5, 0.6) is 0 Å². The van der Waals surface area contributed by atoms with E-state index in [-0.39, 0.29) is 5.91 Å². The van der Waals surface area contributed by atoms with Gasteiger partial charge in [0, 0.05) is 12.2 Å². The molecular weight excluding hydrogens is 282 g/mol. The van der Waals surface area contributed by atoms with Crippen LogP contribution >= 0.6 is 11.8 Å². The SMILES string of the molecule is CCSc1nc(C)cc(C(=O)NCc2ccccc2C)n1. The van der Waals surface area contributed by atoms with Gasteiger partial charge in [0.15, 0.2) is 5.16 Å². The summed E-state index contributed by atoms with van der Waals surface area (Å²) in [6.07, 6.45) is 0. The second kappa shape index (κ2) is 7.22. The zero-order valence-corrected chi connectivity index (χ0v) is 13.3. The van der Waals surface area contributed by atoms with Crippen LogP contribution in [0.15, 0.2) is 35.5 Å². The Morgan fingerprint density at radius 3 is 2.71 bits per heavy atom. The largest absolute Gasteiger partial charge is 0.347 e. The van der Waals surface area contributed by atoms with Crippen molar-refractivity contribution >= 4 is 17.7 Å². The van der Waals surface area contributed by atoms with Gasteiger partial charge in [-0.3, -0.25) is 4.79 Å². The summed E-state index contributed by atoms with van der Waals surface area (Å²) < 4.78 is 0. The summed E-state index contributed by atoms with van der Waals surface area (Å²) in [6, 6.07) is 9.72. The Bertz CT molecular complexity index is 643. The van der Waals surface area contributed by atoms with Gasteiger partial charge in [-0.15, -0.1) is 0 Å². The van der Waals surface area contributed by atoms with Gasteiger partial charge in [-0.1, -0.05) is 43.0 Å². The third kappa shape index (κ3) is 4.29. The van der Waals surface area contributed by atoms with Gasteiger partial charge in [0.2, 0.25) is 0 Å². The topological polar surface area (TPSA) is 54.9 Å². The van der Waals surface area contributed by atoms with E-state index in [4.69, 9.17) is 0 Å². The quantitative estimate of drug-likeness (QED) is 0.681. The summed E-state index contributed by atoms with van der Waals surface area (Å²) in [7, 11) is 0. The van der Waals surface area contributed by atoms with E-state index in [1.165, 1.54) is 17.3 Å². The van der Waals surface area contributed by atoms with Crippen molar-refractivity contribution < 1.29 is 4.79 Å². The zero-order valence-electron chi connectivity index (χ0n) is 12.5. The van der Waals surface area contributed by atoms with Crippen molar-refractivity contribution in [2.45, 2.75) is 32.5 Å². The first kappa shape index (κ1) is 15.5. The summed E-state index contributed by atoms with van der Waals surface area (Å²) in [5.74, 6) is 0.718. The van der Waals surface area contributed by atoms with Crippen LogP contribution in [0, 0.1) is 13.8 Å². The van der Waals surface area contributed by atoms with Crippen LogP contribution in [-0.4, -0.2) is 21.6 Å². The number of aromatic nitrogens is 2. The maximum atomic E-state index is 12.2. The monoisotopic (exact) mass is 301 g/mol.